The number of hydrogen-bond acceptors (Lipinski definition) is 3. The Kier molecular flexibility index (Phi) is 2.87. The largest absolute Gasteiger partial charge is 0.384 e. The normalized spacial score (nSPS) is 19.2. The van der Waals surface area contributed by atoms with Crippen molar-refractivity contribution in [2.45, 2.75) is 26.0 Å². The van der Waals surface area contributed by atoms with Crippen molar-refractivity contribution in [1.82, 2.24) is 10.2 Å². The summed E-state index contributed by atoms with van der Waals surface area (Å²) in [6.45, 7) is 3.89. The number of carbonyl (C=O) groups is 2. The molecule has 1 fully saturated rings. The fraction of sp³-hybridized carbons (Fsp3) is 0.750. The molecule has 2 N–H and O–H groups in total. The van der Waals surface area contributed by atoms with Crippen LogP contribution in [0.3, 0.4) is 0 Å². The maximum atomic E-state index is 11.1. The van der Waals surface area contributed by atoms with E-state index in [0.29, 0.717) is 13.1 Å². The van der Waals surface area contributed by atoms with Gasteiger partial charge in [-0.2, -0.15) is 0 Å². The number of nitrogens with one attached hydrogen (secondary N) is 1. The minimum Gasteiger partial charge on any atom is -0.384 e. The van der Waals surface area contributed by atoms with Gasteiger partial charge in [0, 0.05) is 20.0 Å². The SMILES string of the molecule is CC(=O)NC1CN(C(=O)C(C)O)C1. The van der Waals surface area contributed by atoms with E-state index in [4.69, 9.17) is 5.11 Å². The molecule has 0 aromatic rings. The highest BCUT2D eigenvalue weighted by Crippen LogP contribution is 2.09. The van der Waals surface area contributed by atoms with Gasteiger partial charge in [0.1, 0.15) is 6.10 Å². The summed E-state index contributed by atoms with van der Waals surface area (Å²) in [5.41, 5.74) is 0. The first kappa shape index (κ1) is 9.98. The zero-order chi connectivity index (χ0) is 10.0. The van der Waals surface area contributed by atoms with Crippen molar-refractivity contribution >= 4 is 11.8 Å². The van der Waals surface area contributed by atoms with E-state index in [0.717, 1.165) is 0 Å². The van der Waals surface area contributed by atoms with E-state index in [1.807, 2.05) is 0 Å². The predicted octanol–water partition coefficient (Wildman–Crippen LogP) is -1.29. The maximum absolute atomic E-state index is 11.1. The van der Waals surface area contributed by atoms with Gasteiger partial charge in [-0.1, -0.05) is 0 Å². The Labute approximate surface area is 76.7 Å². The average Bonchev–Trinajstić information content (AvgIpc) is 1.94. The molecule has 5 nitrogen and oxygen atoms in total. The Morgan fingerprint density at radius 2 is 2.08 bits per heavy atom. The van der Waals surface area contributed by atoms with E-state index in [-0.39, 0.29) is 17.9 Å². The zero-order valence-electron chi connectivity index (χ0n) is 7.78. The van der Waals surface area contributed by atoms with E-state index in [1.54, 1.807) is 0 Å². The smallest absolute Gasteiger partial charge is 0.251 e. The van der Waals surface area contributed by atoms with Crippen LogP contribution in [-0.2, 0) is 9.59 Å². The van der Waals surface area contributed by atoms with E-state index in [2.05, 4.69) is 5.32 Å². The van der Waals surface area contributed by atoms with E-state index in [9.17, 15) is 9.59 Å². The molecule has 0 saturated carbocycles. The van der Waals surface area contributed by atoms with Gasteiger partial charge in [0.15, 0.2) is 0 Å². The number of nitrogens with zero attached hydrogens (tertiary/aromatic N) is 1. The second-order valence-electron chi connectivity index (χ2n) is 3.32. The molecule has 2 amide bonds. The van der Waals surface area contributed by atoms with Gasteiger partial charge in [-0.15, -0.1) is 0 Å². The molecule has 0 aromatic heterocycles. The summed E-state index contributed by atoms with van der Waals surface area (Å²) in [5.74, 6) is -0.365. The first-order valence-electron chi connectivity index (χ1n) is 4.24. The van der Waals surface area contributed by atoms with Crippen LogP contribution in [0.15, 0.2) is 0 Å². The summed E-state index contributed by atoms with van der Waals surface area (Å²) in [6, 6.07) is 0.0557. The van der Waals surface area contributed by atoms with Crippen LogP contribution in [0.5, 0.6) is 0 Å². The molecular weight excluding hydrogens is 172 g/mol. The molecule has 1 unspecified atom stereocenters. The topological polar surface area (TPSA) is 69.6 Å². The maximum Gasteiger partial charge on any atom is 0.251 e. The molecular formula is C8H14N2O3. The standard InChI is InChI=1S/C8H14N2O3/c1-5(11)8(13)10-3-7(4-10)9-6(2)12/h5,7,11H,3-4H2,1-2H3,(H,9,12). The molecule has 1 atom stereocenters. The lowest BCUT2D eigenvalue weighted by molar-refractivity contribution is -0.145. The fourth-order valence-electron chi connectivity index (χ4n) is 1.30. The number of aliphatic hydroxyl groups excluding tert-OH is 1. The first-order chi connectivity index (χ1) is 6.00. The monoisotopic (exact) mass is 186 g/mol. The van der Waals surface area contributed by atoms with Gasteiger partial charge in [0.25, 0.3) is 5.91 Å². The molecule has 74 valence electrons. The van der Waals surface area contributed by atoms with Gasteiger partial charge in [0.05, 0.1) is 6.04 Å². The highest BCUT2D eigenvalue weighted by molar-refractivity contribution is 5.81. The molecule has 0 spiro atoms. The van der Waals surface area contributed by atoms with Crippen LogP contribution in [0.4, 0.5) is 0 Å². The highest BCUT2D eigenvalue weighted by Gasteiger charge is 2.32. The van der Waals surface area contributed by atoms with Crippen molar-refractivity contribution < 1.29 is 14.7 Å². The number of hydrogen-bond donors (Lipinski definition) is 2. The van der Waals surface area contributed by atoms with Crippen molar-refractivity contribution in [3.8, 4) is 0 Å². The Hall–Kier alpha value is -1.10. The number of rotatable bonds is 2. The summed E-state index contributed by atoms with van der Waals surface area (Å²) >= 11 is 0. The molecule has 0 radical (unpaired) electrons. The average molecular weight is 186 g/mol. The van der Waals surface area contributed by atoms with Crippen LogP contribution in [-0.4, -0.2) is 47.1 Å². The van der Waals surface area contributed by atoms with E-state index >= 15 is 0 Å². The minimum atomic E-state index is -0.946. The number of amides is 2. The van der Waals surface area contributed by atoms with Crippen LogP contribution in [0.25, 0.3) is 0 Å². The third kappa shape index (κ3) is 2.42. The molecule has 1 aliphatic rings. The lowest BCUT2D eigenvalue weighted by Crippen LogP contribution is -2.62. The quantitative estimate of drug-likeness (QED) is 0.564. The number of aliphatic hydroxyl groups is 1. The lowest BCUT2D eigenvalue weighted by Gasteiger charge is -2.39. The van der Waals surface area contributed by atoms with Gasteiger partial charge in [-0.3, -0.25) is 9.59 Å². The summed E-state index contributed by atoms with van der Waals surface area (Å²) in [6.07, 6.45) is -0.946. The third-order valence-electron chi connectivity index (χ3n) is 1.96. The Balaban J connectivity index is 2.25. The molecule has 0 aromatic carbocycles. The third-order valence-corrected chi connectivity index (χ3v) is 1.96. The van der Waals surface area contributed by atoms with Crippen LogP contribution in [0.2, 0.25) is 0 Å². The molecule has 1 aliphatic heterocycles. The van der Waals surface area contributed by atoms with Crippen LogP contribution >= 0.6 is 0 Å². The second kappa shape index (κ2) is 3.74. The fourth-order valence-corrected chi connectivity index (χ4v) is 1.30. The van der Waals surface area contributed by atoms with Gasteiger partial charge in [-0.05, 0) is 6.92 Å². The van der Waals surface area contributed by atoms with Crippen molar-refractivity contribution in [2.24, 2.45) is 0 Å². The van der Waals surface area contributed by atoms with Crippen LogP contribution in [0, 0.1) is 0 Å². The Morgan fingerprint density at radius 1 is 1.54 bits per heavy atom. The first-order valence-corrected chi connectivity index (χ1v) is 4.24. The summed E-state index contributed by atoms with van der Waals surface area (Å²) in [5, 5.41) is 11.6. The molecule has 1 saturated heterocycles. The van der Waals surface area contributed by atoms with Crippen molar-refractivity contribution in [1.29, 1.82) is 0 Å². The van der Waals surface area contributed by atoms with Crippen molar-refractivity contribution in [2.75, 3.05) is 13.1 Å². The molecule has 13 heavy (non-hydrogen) atoms. The number of likely N-dealkylation sites (tertiary alicyclic amines) is 1. The molecule has 5 heteroatoms. The van der Waals surface area contributed by atoms with E-state index in [1.165, 1.54) is 18.7 Å². The molecule has 0 bridgehead atoms. The van der Waals surface area contributed by atoms with Crippen molar-refractivity contribution in [3.63, 3.8) is 0 Å². The van der Waals surface area contributed by atoms with E-state index < -0.39 is 6.10 Å². The van der Waals surface area contributed by atoms with Gasteiger partial charge in [-0.25, -0.2) is 0 Å². The van der Waals surface area contributed by atoms with Crippen LogP contribution in [0.1, 0.15) is 13.8 Å². The predicted molar refractivity (Wildman–Crippen MR) is 45.9 cm³/mol. The summed E-state index contributed by atoms with van der Waals surface area (Å²) in [4.78, 5) is 23.2. The van der Waals surface area contributed by atoms with Gasteiger partial charge >= 0.3 is 0 Å². The van der Waals surface area contributed by atoms with Gasteiger partial charge < -0.3 is 15.3 Å². The Morgan fingerprint density at radius 3 is 2.46 bits per heavy atom. The minimum absolute atomic E-state index is 0.0557. The summed E-state index contributed by atoms with van der Waals surface area (Å²) in [7, 11) is 0. The highest BCUT2D eigenvalue weighted by atomic mass is 16.3. The second-order valence-corrected chi connectivity index (χ2v) is 3.32. The molecule has 1 rings (SSSR count). The van der Waals surface area contributed by atoms with Gasteiger partial charge in [0.2, 0.25) is 5.91 Å². The zero-order valence-corrected chi connectivity index (χ0v) is 7.78. The van der Waals surface area contributed by atoms with Crippen LogP contribution < -0.4 is 5.32 Å². The lowest BCUT2D eigenvalue weighted by atomic mass is 10.1. The van der Waals surface area contributed by atoms with Crippen molar-refractivity contribution in [3.05, 3.63) is 0 Å². The summed E-state index contributed by atoms with van der Waals surface area (Å²) < 4.78 is 0. The molecule has 1 heterocycles. The Bertz CT molecular complexity index is 221. The number of carbonyl (C=O) groups excluding carboxylic acids is 2. The molecule has 0 aliphatic carbocycles.